The average Bonchev–Trinajstić information content (AvgIpc) is 2.84. The summed E-state index contributed by atoms with van der Waals surface area (Å²) in [5, 5.41) is 0. The monoisotopic (exact) mass is 330 g/mol. The number of carbonyl (C=O) groups is 3. The van der Waals surface area contributed by atoms with E-state index in [1.54, 1.807) is 24.3 Å². The van der Waals surface area contributed by atoms with Crippen molar-refractivity contribution in [2.24, 2.45) is 11.8 Å². The summed E-state index contributed by atoms with van der Waals surface area (Å²) in [5.74, 6) is -0.425. The molecule has 3 rings (SSSR count). The molecule has 2 atom stereocenters. The predicted octanol–water partition coefficient (Wildman–Crippen LogP) is 2.18. The maximum Gasteiger partial charge on any atom is 0.234 e. The third kappa shape index (κ3) is 2.77. The van der Waals surface area contributed by atoms with Gasteiger partial charge in [0.1, 0.15) is 12.4 Å². The Morgan fingerprint density at radius 1 is 1.17 bits per heavy atom. The zero-order chi connectivity index (χ0) is 17.3. The zero-order valence-corrected chi connectivity index (χ0v) is 14.0. The van der Waals surface area contributed by atoms with E-state index >= 15 is 0 Å². The van der Waals surface area contributed by atoms with Crippen LogP contribution in [0.5, 0.6) is 5.75 Å². The van der Waals surface area contributed by atoms with Crippen LogP contribution < -0.4 is 9.64 Å². The van der Waals surface area contributed by atoms with Gasteiger partial charge in [0.2, 0.25) is 17.7 Å². The molecule has 0 radical (unpaired) electrons. The fourth-order valence-corrected chi connectivity index (χ4v) is 3.71. The largest absolute Gasteiger partial charge is 0.495 e. The van der Waals surface area contributed by atoms with Crippen LogP contribution in [-0.2, 0) is 14.4 Å². The smallest absolute Gasteiger partial charge is 0.234 e. The quantitative estimate of drug-likeness (QED) is 0.794. The van der Waals surface area contributed by atoms with Gasteiger partial charge in [-0.05, 0) is 25.0 Å². The molecule has 0 spiro atoms. The average molecular weight is 330 g/mol. The lowest BCUT2D eigenvalue weighted by molar-refractivity contribution is -0.140. The molecule has 6 nitrogen and oxygen atoms in total. The standard InChI is InChI=1S/C18H22N2O4/c1-12(21)19(15-9-5-6-10-16(15)24-2)11-20-17(22)13-7-3-4-8-14(13)18(20)23/h5-6,9-10,13-14H,3-4,7-8,11H2,1-2H3/t13-,14+. The van der Waals surface area contributed by atoms with E-state index in [2.05, 4.69) is 0 Å². The van der Waals surface area contributed by atoms with Crippen LogP contribution in [0.4, 0.5) is 5.69 Å². The number of fused-ring (bicyclic) bond motifs is 1. The second kappa shape index (κ2) is 6.63. The van der Waals surface area contributed by atoms with Gasteiger partial charge in [-0.15, -0.1) is 0 Å². The van der Waals surface area contributed by atoms with E-state index in [4.69, 9.17) is 4.74 Å². The van der Waals surface area contributed by atoms with Gasteiger partial charge in [0.25, 0.3) is 0 Å². The Morgan fingerprint density at radius 2 is 1.75 bits per heavy atom. The van der Waals surface area contributed by atoms with E-state index in [1.165, 1.54) is 23.8 Å². The molecule has 1 heterocycles. The molecular formula is C18H22N2O4. The lowest BCUT2D eigenvalue weighted by atomic mass is 9.81. The Hall–Kier alpha value is -2.37. The first-order valence-electron chi connectivity index (χ1n) is 8.31. The third-order valence-electron chi connectivity index (χ3n) is 4.97. The van der Waals surface area contributed by atoms with E-state index < -0.39 is 0 Å². The second-order valence-corrected chi connectivity index (χ2v) is 6.36. The maximum atomic E-state index is 12.6. The molecule has 1 saturated heterocycles. The molecule has 2 fully saturated rings. The molecular weight excluding hydrogens is 308 g/mol. The number of benzene rings is 1. The number of likely N-dealkylation sites (tertiary alicyclic amines) is 1. The van der Waals surface area contributed by atoms with Crippen molar-refractivity contribution in [2.75, 3.05) is 18.7 Å². The molecule has 1 saturated carbocycles. The number of para-hydroxylation sites is 2. The van der Waals surface area contributed by atoms with Gasteiger partial charge in [-0.2, -0.15) is 0 Å². The van der Waals surface area contributed by atoms with E-state index in [-0.39, 0.29) is 36.2 Å². The van der Waals surface area contributed by atoms with E-state index in [1.807, 2.05) is 0 Å². The van der Waals surface area contributed by atoms with Crippen LogP contribution in [0.2, 0.25) is 0 Å². The minimum absolute atomic E-state index is 0.0552. The van der Waals surface area contributed by atoms with Crippen LogP contribution in [0.3, 0.4) is 0 Å². The molecule has 6 heteroatoms. The Bertz CT molecular complexity index is 649. The van der Waals surface area contributed by atoms with Gasteiger partial charge in [0.05, 0.1) is 24.6 Å². The Kier molecular flexibility index (Phi) is 4.55. The van der Waals surface area contributed by atoms with Crippen molar-refractivity contribution in [3.63, 3.8) is 0 Å². The lowest BCUT2D eigenvalue weighted by Gasteiger charge is -2.27. The number of ether oxygens (including phenoxy) is 1. The number of imide groups is 1. The van der Waals surface area contributed by atoms with Crippen LogP contribution >= 0.6 is 0 Å². The molecule has 3 amide bonds. The van der Waals surface area contributed by atoms with Gasteiger partial charge in [-0.1, -0.05) is 25.0 Å². The number of hydrogen-bond acceptors (Lipinski definition) is 4. The van der Waals surface area contributed by atoms with Gasteiger partial charge in [0, 0.05) is 6.92 Å². The van der Waals surface area contributed by atoms with Crippen molar-refractivity contribution < 1.29 is 19.1 Å². The van der Waals surface area contributed by atoms with Gasteiger partial charge in [0.15, 0.2) is 0 Å². The number of rotatable bonds is 4. The van der Waals surface area contributed by atoms with Gasteiger partial charge >= 0.3 is 0 Å². The molecule has 0 unspecified atom stereocenters. The van der Waals surface area contributed by atoms with Crippen LogP contribution in [0.15, 0.2) is 24.3 Å². The third-order valence-corrected chi connectivity index (χ3v) is 4.97. The highest BCUT2D eigenvalue weighted by Gasteiger charge is 2.48. The van der Waals surface area contributed by atoms with Crippen LogP contribution in [0.25, 0.3) is 0 Å². The summed E-state index contributed by atoms with van der Waals surface area (Å²) in [6.45, 7) is 1.37. The number of amides is 3. The Balaban J connectivity index is 1.87. The van der Waals surface area contributed by atoms with Crippen LogP contribution in [0.1, 0.15) is 32.6 Å². The van der Waals surface area contributed by atoms with E-state index in [9.17, 15) is 14.4 Å². The van der Waals surface area contributed by atoms with Crippen molar-refractivity contribution in [3.05, 3.63) is 24.3 Å². The number of carbonyl (C=O) groups excluding carboxylic acids is 3. The molecule has 128 valence electrons. The molecule has 1 aliphatic carbocycles. The van der Waals surface area contributed by atoms with Crippen molar-refractivity contribution in [3.8, 4) is 5.75 Å². The molecule has 24 heavy (non-hydrogen) atoms. The Labute approximate surface area is 141 Å². The summed E-state index contributed by atoms with van der Waals surface area (Å²) < 4.78 is 5.31. The second-order valence-electron chi connectivity index (χ2n) is 6.36. The number of methoxy groups -OCH3 is 1. The number of nitrogens with zero attached hydrogens (tertiary/aromatic N) is 2. The first-order chi connectivity index (χ1) is 11.5. The van der Waals surface area contributed by atoms with E-state index in [0.717, 1.165) is 25.7 Å². The van der Waals surface area contributed by atoms with Crippen molar-refractivity contribution in [2.45, 2.75) is 32.6 Å². The lowest BCUT2D eigenvalue weighted by Crippen LogP contribution is -2.44. The minimum atomic E-state index is -0.241. The summed E-state index contributed by atoms with van der Waals surface area (Å²) in [6.07, 6.45) is 3.49. The summed E-state index contributed by atoms with van der Waals surface area (Å²) in [5.41, 5.74) is 0.558. The molecule has 0 N–H and O–H groups in total. The van der Waals surface area contributed by atoms with Gasteiger partial charge < -0.3 is 4.74 Å². The first kappa shape index (κ1) is 16.5. The molecule has 1 aromatic rings. The number of hydrogen-bond donors (Lipinski definition) is 0. The molecule has 1 aliphatic heterocycles. The molecule has 2 aliphatic rings. The first-order valence-corrected chi connectivity index (χ1v) is 8.31. The highest BCUT2D eigenvalue weighted by molar-refractivity contribution is 6.06. The van der Waals surface area contributed by atoms with Gasteiger partial charge in [-0.3, -0.25) is 24.2 Å². The summed E-state index contributed by atoms with van der Waals surface area (Å²) in [7, 11) is 1.53. The maximum absolute atomic E-state index is 12.6. The fraction of sp³-hybridized carbons (Fsp3) is 0.500. The highest BCUT2D eigenvalue weighted by atomic mass is 16.5. The van der Waals surface area contributed by atoms with Crippen LogP contribution in [-0.4, -0.2) is 36.4 Å². The van der Waals surface area contributed by atoms with Crippen LogP contribution in [0, 0.1) is 11.8 Å². The molecule has 0 bridgehead atoms. The van der Waals surface area contributed by atoms with Crippen molar-refractivity contribution >= 4 is 23.4 Å². The summed E-state index contributed by atoms with van der Waals surface area (Å²) in [6, 6.07) is 7.10. The predicted molar refractivity (Wildman–Crippen MR) is 88.3 cm³/mol. The normalized spacial score (nSPS) is 23.2. The summed E-state index contributed by atoms with van der Waals surface area (Å²) in [4.78, 5) is 40.1. The van der Waals surface area contributed by atoms with Crippen molar-refractivity contribution in [1.82, 2.24) is 4.90 Å². The Morgan fingerprint density at radius 3 is 2.29 bits per heavy atom. The summed E-state index contributed by atoms with van der Waals surface area (Å²) >= 11 is 0. The number of anilines is 1. The fourth-order valence-electron chi connectivity index (χ4n) is 3.71. The van der Waals surface area contributed by atoms with E-state index in [0.29, 0.717) is 11.4 Å². The molecule has 0 aromatic heterocycles. The van der Waals surface area contributed by atoms with Crippen molar-refractivity contribution in [1.29, 1.82) is 0 Å². The minimum Gasteiger partial charge on any atom is -0.495 e. The molecule has 1 aromatic carbocycles. The SMILES string of the molecule is COc1ccccc1N(CN1C(=O)[C@H]2CCCC[C@H]2C1=O)C(C)=O. The topological polar surface area (TPSA) is 66.9 Å². The highest BCUT2D eigenvalue weighted by Crippen LogP contribution is 2.38. The zero-order valence-electron chi connectivity index (χ0n) is 14.0. The van der Waals surface area contributed by atoms with Gasteiger partial charge in [-0.25, -0.2) is 0 Å².